The lowest BCUT2D eigenvalue weighted by atomic mass is 9.95. The van der Waals surface area contributed by atoms with E-state index in [0.717, 1.165) is 17.8 Å². The zero-order valence-electron chi connectivity index (χ0n) is 20.8. The molecule has 1 saturated heterocycles. The molecule has 9 nitrogen and oxygen atoms in total. The van der Waals surface area contributed by atoms with Gasteiger partial charge in [-0.15, -0.1) is 0 Å². The number of hydrogen-bond acceptors (Lipinski definition) is 9. The number of benzene rings is 2. The number of aryl methyl sites for hydroxylation is 1. The summed E-state index contributed by atoms with van der Waals surface area (Å²) in [4.78, 5) is 44.7. The molecule has 3 aromatic rings. The van der Waals surface area contributed by atoms with Crippen molar-refractivity contribution < 1.29 is 33.7 Å². The average molecular weight is 523 g/mol. The van der Waals surface area contributed by atoms with Crippen LogP contribution in [-0.2, 0) is 14.3 Å². The number of aromatic nitrogens is 1. The van der Waals surface area contributed by atoms with Crippen molar-refractivity contribution in [1.82, 2.24) is 4.98 Å². The molecule has 1 amide bonds. The van der Waals surface area contributed by atoms with Crippen LogP contribution in [0.5, 0.6) is 11.5 Å². The van der Waals surface area contributed by atoms with Crippen molar-refractivity contribution in [2.75, 3.05) is 25.7 Å². The Hall–Kier alpha value is -4.18. The summed E-state index contributed by atoms with van der Waals surface area (Å²) in [6.07, 6.45) is 0.848. The predicted molar refractivity (Wildman–Crippen MR) is 138 cm³/mol. The number of carbonyl (C=O) groups is 3. The van der Waals surface area contributed by atoms with Gasteiger partial charge in [0.1, 0.15) is 22.1 Å². The molecule has 0 radical (unpaired) electrons. The number of thiazole rings is 1. The monoisotopic (exact) mass is 522 g/mol. The van der Waals surface area contributed by atoms with Gasteiger partial charge in [0.2, 0.25) is 0 Å². The number of aliphatic hydroxyl groups is 1. The molecule has 1 atom stereocenters. The standard InChI is InChI=1S/C27H26N2O7S/c1-5-14-36-19-12-8-17(9-13-19)22(30)20-21(16-6-10-18(34-3)11-7-16)29(25(32)23(20)31)27-28-15(2)24(37-27)26(33)35-4/h6-13,21,30H,5,14H2,1-4H3. The predicted octanol–water partition coefficient (Wildman–Crippen LogP) is 4.66. The number of ketones is 1. The minimum atomic E-state index is -0.988. The minimum Gasteiger partial charge on any atom is -0.507 e. The lowest BCUT2D eigenvalue weighted by Crippen LogP contribution is -2.29. The number of nitrogens with zero attached hydrogens (tertiary/aromatic N) is 2. The summed E-state index contributed by atoms with van der Waals surface area (Å²) < 4.78 is 15.7. The summed E-state index contributed by atoms with van der Waals surface area (Å²) in [7, 11) is 2.78. The Morgan fingerprint density at radius 3 is 2.30 bits per heavy atom. The van der Waals surface area contributed by atoms with E-state index in [2.05, 4.69) is 4.98 Å². The van der Waals surface area contributed by atoms with Gasteiger partial charge in [-0.05, 0) is 55.3 Å². The van der Waals surface area contributed by atoms with E-state index in [1.54, 1.807) is 55.5 Å². The van der Waals surface area contributed by atoms with Crippen LogP contribution in [0.3, 0.4) is 0 Å². The molecule has 192 valence electrons. The summed E-state index contributed by atoms with van der Waals surface area (Å²) in [5, 5.41) is 11.4. The number of anilines is 1. The summed E-state index contributed by atoms with van der Waals surface area (Å²) >= 11 is 0.942. The van der Waals surface area contributed by atoms with Gasteiger partial charge in [0.05, 0.1) is 38.1 Å². The van der Waals surface area contributed by atoms with Gasteiger partial charge < -0.3 is 19.3 Å². The van der Waals surface area contributed by atoms with Gasteiger partial charge in [-0.25, -0.2) is 9.78 Å². The highest BCUT2D eigenvalue weighted by atomic mass is 32.1. The number of rotatable bonds is 8. The summed E-state index contributed by atoms with van der Waals surface area (Å²) in [5.74, 6) is -1.44. The average Bonchev–Trinajstić information content (AvgIpc) is 3.43. The van der Waals surface area contributed by atoms with E-state index in [9.17, 15) is 19.5 Å². The van der Waals surface area contributed by atoms with Crippen LogP contribution in [0.15, 0.2) is 54.1 Å². The Morgan fingerprint density at radius 1 is 1.05 bits per heavy atom. The molecule has 0 aliphatic carbocycles. The molecule has 0 spiro atoms. The van der Waals surface area contributed by atoms with E-state index in [-0.39, 0.29) is 21.3 Å². The fourth-order valence-corrected chi connectivity index (χ4v) is 5.00. The Bertz CT molecular complexity index is 1360. The van der Waals surface area contributed by atoms with Gasteiger partial charge in [-0.2, -0.15) is 0 Å². The first-order chi connectivity index (χ1) is 17.8. The molecule has 10 heteroatoms. The fourth-order valence-electron chi connectivity index (χ4n) is 3.98. The summed E-state index contributed by atoms with van der Waals surface area (Å²) in [6.45, 7) is 4.17. The van der Waals surface area contributed by atoms with Crippen molar-refractivity contribution in [1.29, 1.82) is 0 Å². The molecular weight excluding hydrogens is 496 g/mol. The van der Waals surface area contributed by atoms with Gasteiger partial charge >= 0.3 is 11.9 Å². The molecule has 1 aliphatic rings. The molecular formula is C27H26N2O7S. The highest BCUT2D eigenvalue weighted by molar-refractivity contribution is 7.17. The van der Waals surface area contributed by atoms with E-state index in [1.807, 2.05) is 6.92 Å². The number of amides is 1. The van der Waals surface area contributed by atoms with E-state index in [0.29, 0.717) is 34.9 Å². The number of Topliss-reactive ketones (excluding diaryl/α,β-unsaturated/α-hetero) is 1. The van der Waals surface area contributed by atoms with E-state index >= 15 is 0 Å². The molecule has 1 aromatic heterocycles. The number of aliphatic hydroxyl groups excluding tert-OH is 1. The maximum absolute atomic E-state index is 13.3. The molecule has 0 bridgehead atoms. The molecule has 1 N–H and O–H groups in total. The first-order valence-electron chi connectivity index (χ1n) is 11.5. The van der Waals surface area contributed by atoms with Gasteiger partial charge in [0, 0.05) is 5.56 Å². The molecule has 37 heavy (non-hydrogen) atoms. The van der Waals surface area contributed by atoms with Gasteiger partial charge in [0.25, 0.3) is 5.78 Å². The van der Waals surface area contributed by atoms with Crippen LogP contribution in [0.1, 0.15) is 45.9 Å². The molecule has 2 aromatic carbocycles. The van der Waals surface area contributed by atoms with E-state index in [4.69, 9.17) is 14.2 Å². The Kier molecular flexibility index (Phi) is 7.58. The van der Waals surface area contributed by atoms with Crippen molar-refractivity contribution in [2.24, 2.45) is 0 Å². The van der Waals surface area contributed by atoms with Crippen LogP contribution < -0.4 is 14.4 Å². The van der Waals surface area contributed by atoms with Crippen LogP contribution in [0, 0.1) is 6.92 Å². The Morgan fingerprint density at radius 2 is 1.70 bits per heavy atom. The van der Waals surface area contributed by atoms with Crippen molar-refractivity contribution in [3.63, 3.8) is 0 Å². The zero-order valence-corrected chi connectivity index (χ0v) is 21.6. The lowest BCUT2D eigenvalue weighted by molar-refractivity contribution is -0.132. The smallest absolute Gasteiger partial charge is 0.350 e. The van der Waals surface area contributed by atoms with Crippen LogP contribution in [0.2, 0.25) is 0 Å². The molecule has 2 heterocycles. The first kappa shape index (κ1) is 25.9. The van der Waals surface area contributed by atoms with Crippen molar-refractivity contribution in [2.45, 2.75) is 26.3 Å². The molecule has 4 rings (SSSR count). The van der Waals surface area contributed by atoms with Crippen LogP contribution in [0.4, 0.5) is 5.13 Å². The number of hydrogen-bond donors (Lipinski definition) is 1. The van der Waals surface area contributed by atoms with Crippen molar-refractivity contribution in [3.8, 4) is 11.5 Å². The van der Waals surface area contributed by atoms with Gasteiger partial charge in [0.15, 0.2) is 5.13 Å². The number of carbonyl (C=O) groups excluding carboxylic acids is 3. The largest absolute Gasteiger partial charge is 0.507 e. The van der Waals surface area contributed by atoms with Gasteiger partial charge in [-0.1, -0.05) is 30.4 Å². The molecule has 1 aliphatic heterocycles. The van der Waals surface area contributed by atoms with Crippen molar-refractivity contribution >= 4 is 39.9 Å². The second-order valence-electron chi connectivity index (χ2n) is 8.22. The fraction of sp³-hybridized carbons (Fsp3) is 0.259. The third-order valence-electron chi connectivity index (χ3n) is 5.84. The van der Waals surface area contributed by atoms with Crippen LogP contribution >= 0.6 is 11.3 Å². The summed E-state index contributed by atoms with van der Waals surface area (Å²) in [5.41, 5.74) is 1.18. The Balaban J connectivity index is 1.85. The maximum atomic E-state index is 13.3. The molecule has 1 unspecified atom stereocenters. The highest BCUT2D eigenvalue weighted by Crippen LogP contribution is 2.44. The van der Waals surface area contributed by atoms with Crippen molar-refractivity contribution in [3.05, 3.63) is 75.8 Å². The van der Waals surface area contributed by atoms with Gasteiger partial charge in [-0.3, -0.25) is 14.5 Å². The third-order valence-corrected chi connectivity index (χ3v) is 6.98. The van der Waals surface area contributed by atoms with Crippen LogP contribution in [-0.4, -0.2) is 48.6 Å². The number of ether oxygens (including phenoxy) is 3. The Labute approximate surface area is 217 Å². The topological polar surface area (TPSA) is 115 Å². The second kappa shape index (κ2) is 10.8. The molecule has 0 saturated carbocycles. The summed E-state index contributed by atoms with van der Waals surface area (Å²) in [6, 6.07) is 12.5. The minimum absolute atomic E-state index is 0.0927. The SMILES string of the molecule is CCCOc1ccc(C(O)=C2C(=O)C(=O)N(c3nc(C)c(C(=O)OC)s3)C2c2ccc(OC)cc2)cc1. The zero-order chi connectivity index (χ0) is 26.7. The van der Waals surface area contributed by atoms with E-state index in [1.165, 1.54) is 19.1 Å². The number of esters is 1. The highest BCUT2D eigenvalue weighted by Gasteiger charge is 2.48. The normalized spacial score (nSPS) is 16.6. The lowest BCUT2D eigenvalue weighted by Gasteiger charge is -2.23. The third kappa shape index (κ3) is 4.92. The second-order valence-corrected chi connectivity index (χ2v) is 9.20. The molecule has 1 fully saturated rings. The number of methoxy groups -OCH3 is 2. The quantitative estimate of drug-likeness (QED) is 0.197. The van der Waals surface area contributed by atoms with E-state index < -0.39 is 23.7 Å². The first-order valence-corrected chi connectivity index (χ1v) is 12.4. The van der Waals surface area contributed by atoms with Crippen LogP contribution in [0.25, 0.3) is 5.76 Å². The maximum Gasteiger partial charge on any atom is 0.350 e.